The van der Waals surface area contributed by atoms with Gasteiger partial charge in [0.05, 0.1) is 25.4 Å². The van der Waals surface area contributed by atoms with Crippen LogP contribution in [0.15, 0.2) is 0 Å². The largest absolute Gasteiger partial charge is 0.392 e. The quantitative estimate of drug-likeness (QED) is 0.745. The molecule has 3 unspecified atom stereocenters. The van der Waals surface area contributed by atoms with Crippen LogP contribution in [-0.2, 0) is 9.53 Å². The van der Waals surface area contributed by atoms with E-state index in [4.69, 9.17) is 4.74 Å². The normalized spacial score (nSPS) is 32.8. The first-order valence-corrected chi connectivity index (χ1v) is 6.73. The summed E-state index contributed by atoms with van der Waals surface area (Å²) in [5.74, 6) is 0.135. The molecule has 5 nitrogen and oxygen atoms in total. The second-order valence-electron chi connectivity index (χ2n) is 5.95. The second-order valence-corrected chi connectivity index (χ2v) is 5.95. The zero-order valence-corrected chi connectivity index (χ0v) is 11.5. The standard InChI is InChI=1S/C13H24N2O3/c1-9(12(17)15-4-6-18-7-5-15)14-10-8-11(16)13(10,2)3/h9-11,14,16H,4-8H2,1-3H3. The molecule has 0 aromatic carbocycles. The number of ether oxygens (including phenoxy) is 1. The third-order valence-electron chi connectivity index (χ3n) is 4.36. The van der Waals surface area contributed by atoms with Crippen molar-refractivity contribution in [1.29, 1.82) is 0 Å². The molecule has 0 aromatic heterocycles. The van der Waals surface area contributed by atoms with Crippen LogP contribution >= 0.6 is 0 Å². The average molecular weight is 256 g/mol. The molecule has 2 N–H and O–H groups in total. The molecule has 0 bridgehead atoms. The monoisotopic (exact) mass is 256 g/mol. The summed E-state index contributed by atoms with van der Waals surface area (Å²) >= 11 is 0. The molecule has 1 saturated heterocycles. The second kappa shape index (κ2) is 5.15. The minimum atomic E-state index is -0.263. The molecule has 1 aliphatic heterocycles. The molecular formula is C13H24N2O3. The van der Waals surface area contributed by atoms with Crippen molar-refractivity contribution >= 4 is 5.91 Å². The summed E-state index contributed by atoms with van der Waals surface area (Å²) in [6.07, 6.45) is 0.467. The van der Waals surface area contributed by atoms with E-state index in [2.05, 4.69) is 5.32 Å². The van der Waals surface area contributed by atoms with Crippen molar-refractivity contribution < 1.29 is 14.6 Å². The molecule has 0 spiro atoms. The highest BCUT2D eigenvalue weighted by atomic mass is 16.5. The van der Waals surface area contributed by atoms with E-state index in [-0.39, 0.29) is 29.5 Å². The summed E-state index contributed by atoms with van der Waals surface area (Å²) in [7, 11) is 0. The van der Waals surface area contributed by atoms with Crippen LogP contribution in [0.5, 0.6) is 0 Å². The van der Waals surface area contributed by atoms with E-state index in [1.54, 1.807) is 0 Å². The first kappa shape index (κ1) is 13.8. The molecule has 2 fully saturated rings. The topological polar surface area (TPSA) is 61.8 Å². The van der Waals surface area contributed by atoms with Crippen LogP contribution < -0.4 is 5.32 Å². The van der Waals surface area contributed by atoms with Crippen molar-refractivity contribution in [3.8, 4) is 0 Å². The summed E-state index contributed by atoms with van der Waals surface area (Å²) in [4.78, 5) is 14.1. The van der Waals surface area contributed by atoms with E-state index in [1.807, 2.05) is 25.7 Å². The smallest absolute Gasteiger partial charge is 0.239 e. The molecule has 5 heteroatoms. The Hall–Kier alpha value is -0.650. The number of aliphatic hydroxyl groups is 1. The van der Waals surface area contributed by atoms with Gasteiger partial charge in [0.25, 0.3) is 0 Å². The van der Waals surface area contributed by atoms with Crippen molar-refractivity contribution in [1.82, 2.24) is 10.2 Å². The van der Waals surface area contributed by atoms with Crippen molar-refractivity contribution in [3.63, 3.8) is 0 Å². The Morgan fingerprint density at radius 1 is 1.44 bits per heavy atom. The van der Waals surface area contributed by atoms with Crippen molar-refractivity contribution in [3.05, 3.63) is 0 Å². The number of carbonyl (C=O) groups is 1. The lowest BCUT2D eigenvalue weighted by atomic mass is 9.64. The highest BCUT2D eigenvalue weighted by Gasteiger charge is 2.48. The van der Waals surface area contributed by atoms with Crippen LogP contribution in [0.2, 0.25) is 0 Å². The summed E-state index contributed by atoms with van der Waals surface area (Å²) in [5.41, 5.74) is -0.139. The minimum absolute atomic E-state index is 0.135. The van der Waals surface area contributed by atoms with E-state index in [0.29, 0.717) is 26.3 Å². The first-order valence-electron chi connectivity index (χ1n) is 6.73. The summed E-state index contributed by atoms with van der Waals surface area (Å²) in [6, 6.07) is 0.0207. The number of rotatable bonds is 3. The minimum Gasteiger partial charge on any atom is -0.392 e. The Morgan fingerprint density at radius 3 is 2.56 bits per heavy atom. The number of hydrogen-bond donors (Lipinski definition) is 2. The van der Waals surface area contributed by atoms with Crippen molar-refractivity contribution in [2.75, 3.05) is 26.3 Å². The number of nitrogens with one attached hydrogen (secondary N) is 1. The van der Waals surface area contributed by atoms with Crippen LogP contribution in [0.4, 0.5) is 0 Å². The number of aliphatic hydroxyl groups excluding tert-OH is 1. The lowest BCUT2D eigenvalue weighted by Crippen LogP contribution is -2.63. The van der Waals surface area contributed by atoms with Gasteiger partial charge in [0.2, 0.25) is 5.91 Å². The molecule has 3 atom stereocenters. The van der Waals surface area contributed by atoms with Gasteiger partial charge in [0.1, 0.15) is 0 Å². The highest BCUT2D eigenvalue weighted by Crippen LogP contribution is 2.40. The molecule has 2 rings (SSSR count). The summed E-state index contributed by atoms with van der Waals surface area (Å²) < 4.78 is 5.24. The van der Waals surface area contributed by atoms with Gasteiger partial charge in [-0.25, -0.2) is 0 Å². The summed E-state index contributed by atoms with van der Waals surface area (Å²) in [5, 5.41) is 13.0. The third-order valence-corrected chi connectivity index (χ3v) is 4.36. The van der Waals surface area contributed by atoms with Crippen molar-refractivity contribution in [2.24, 2.45) is 5.41 Å². The fourth-order valence-electron chi connectivity index (χ4n) is 2.62. The number of hydrogen-bond acceptors (Lipinski definition) is 4. The number of amides is 1. The van der Waals surface area contributed by atoms with E-state index in [9.17, 15) is 9.90 Å². The Balaban J connectivity index is 1.84. The Labute approximate surface area is 108 Å². The fraction of sp³-hybridized carbons (Fsp3) is 0.923. The van der Waals surface area contributed by atoms with Gasteiger partial charge in [-0.1, -0.05) is 13.8 Å². The van der Waals surface area contributed by atoms with Gasteiger partial charge in [0.15, 0.2) is 0 Å². The molecule has 0 aromatic rings. The number of morpholine rings is 1. The predicted molar refractivity (Wildman–Crippen MR) is 68.2 cm³/mol. The maximum Gasteiger partial charge on any atom is 0.239 e. The van der Waals surface area contributed by atoms with Crippen LogP contribution in [-0.4, -0.2) is 60.4 Å². The van der Waals surface area contributed by atoms with Crippen LogP contribution in [0.25, 0.3) is 0 Å². The van der Waals surface area contributed by atoms with Crippen molar-refractivity contribution in [2.45, 2.75) is 45.4 Å². The Bertz CT molecular complexity index is 313. The lowest BCUT2D eigenvalue weighted by molar-refractivity contribution is -0.139. The van der Waals surface area contributed by atoms with Gasteiger partial charge in [-0.05, 0) is 13.3 Å². The zero-order chi connectivity index (χ0) is 13.3. The number of carbonyl (C=O) groups excluding carboxylic acids is 1. The van der Waals surface area contributed by atoms with E-state index < -0.39 is 0 Å². The average Bonchev–Trinajstić information content (AvgIpc) is 2.38. The molecule has 104 valence electrons. The van der Waals surface area contributed by atoms with Gasteiger partial charge in [-0.2, -0.15) is 0 Å². The van der Waals surface area contributed by atoms with Gasteiger partial charge < -0.3 is 20.1 Å². The highest BCUT2D eigenvalue weighted by molar-refractivity contribution is 5.81. The fourth-order valence-corrected chi connectivity index (χ4v) is 2.62. The molecule has 1 aliphatic carbocycles. The van der Waals surface area contributed by atoms with Gasteiger partial charge in [-0.3, -0.25) is 4.79 Å². The third kappa shape index (κ3) is 2.53. The molecule has 0 radical (unpaired) electrons. The maximum atomic E-state index is 12.2. The van der Waals surface area contributed by atoms with Crippen LogP contribution in [0, 0.1) is 5.41 Å². The molecule has 18 heavy (non-hydrogen) atoms. The Kier molecular flexibility index (Phi) is 3.94. The summed E-state index contributed by atoms with van der Waals surface area (Å²) in [6.45, 7) is 8.59. The van der Waals surface area contributed by atoms with E-state index >= 15 is 0 Å². The maximum absolute atomic E-state index is 12.2. The van der Waals surface area contributed by atoms with E-state index in [1.165, 1.54) is 0 Å². The predicted octanol–water partition coefficient (Wildman–Crippen LogP) is -0.0173. The van der Waals surface area contributed by atoms with Crippen LogP contribution in [0.3, 0.4) is 0 Å². The first-order chi connectivity index (χ1) is 8.43. The molecule has 1 saturated carbocycles. The molecule has 1 heterocycles. The zero-order valence-electron chi connectivity index (χ0n) is 11.5. The van der Waals surface area contributed by atoms with Gasteiger partial charge in [-0.15, -0.1) is 0 Å². The SMILES string of the molecule is CC(NC1CC(O)C1(C)C)C(=O)N1CCOCC1. The molecule has 2 aliphatic rings. The lowest BCUT2D eigenvalue weighted by Gasteiger charge is -2.50. The van der Waals surface area contributed by atoms with Gasteiger partial charge >= 0.3 is 0 Å². The van der Waals surface area contributed by atoms with Crippen LogP contribution in [0.1, 0.15) is 27.2 Å². The molecular weight excluding hydrogens is 232 g/mol. The molecule has 1 amide bonds. The van der Waals surface area contributed by atoms with E-state index in [0.717, 1.165) is 6.42 Å². The van der Waals surface area contributed by atoms with Gasteiger partial charge in [0, 0.05) is 24.5 Å². The number of nitrogens with zero attached hydrogens (tertiary/aromatic N) is 1. The Morgan fingerprint density at radius 2 is 2.06 bits per heavy atom.